The maximum atomic E-state index is 13.5. The van der Waals surface area contributed by atoms with Crippen molar-refractivity contribution in [3.8, 4) is 5.75 Å². The van der Waals surface area contributed by atoms with Crippen LogP contribution in [0.4, 0.5) is 10.2 Å². The van der Waals surface area contributed by atoms with Gasteiger partial charge in [0.2, 0.25) is 0 Å². The van der Waals surface area contributed by atoms with Gasteiger partial charge in [0.05, 0.1) is 7.11 Å². The number of pyridine rings is 1. The summed E-state index contributed by atoms with van der Waals surface area (Å²) in [6.07, 6.45) is 1.51. The molecule has 0 amide bonds. The molecule has 1 N–H and O–H groups in total. The van der Waals surface area contributed by atoms with Crippen LogP contribution in [-0.2, 0) is 6.54 Å². The molecule has 104 valence electrons. The highest BCUT2D eigenvalue weighted by molar-refractivity contribution is 5.93. The first-order valence-corrected chi connectivity index (χ1v) is 6.13. The second-order valence-corrected chi connectivity index (χ2v) is 4.31. The minimum Gasteiger partial charge on any atom is -0.494 e. The van der Waals surface area contributed by atoms with E-state index in [4.69, 9.17) is 4.74 Å². The van der Waals surface area contributed by atoms with E-state index in [1.165, 1.54) is 26.3 Å². The second-order valence-electron chi connectivity index (χ2n) is 4.31. The van der Waals surface area contributed by atoms with Gasteiger partial charge in [0.1, 0.15) is 5.82 Å². The Labute approximate surface area is 116 Å². The molecule has 1 aromatic heterocycles. The van der Waals surface area contributed by atoms with Gasteiger partial charge < -0.3 is 10.1 Å². The van der Waals surface area contributed by atoms with Crippen molar-refractivity contribution in [1.82, 2.24) is 4.98 Å². The van der Waals surface area contributed by atoms with Gasteiger partial charge in [0.15, 0.2) is 17.3 Å². The van der Waals surface area contributed by atoms with Gasteiger partial charge in [-0.25, -0.2) is 9.37 Å². The Morgan fingerprint density at radius 3 is 2.70 bits per heavy atom. The number of hydrogen-bond donors (Lipinski definition) is 1. The molecule has 0 aliphatic rings. The molecule has 2 aromatic rings. The molecule has 0 fully saturated rings. The normalized spacial score (nSPS) is 10.2. The van der Waals surface area contributed by atoms with Gasteiger partial charge in [-0.3, -0.25) is 4.79 Å². The number of ketones is 1. The lowest BCUT2D eigenvalue weighted by Gasteiger charge is -2.08. The van der Waals surface area contributed by atoms with Gasteiger partial charge in [-0.05, 0) is 36.8 Å². The van der Waals surface area contributed by atoms with Crippen LogP contribution in [0.25, 0.3) is 0 Å². The van der Waals surface area contributed by atoms with E-state index in [-0.39, 0.29) is 11.5 Å². The summed E-state index contributed by atoms with van der Waals surface area (Å²) in [5.74, 6) is 0.428. The maximum Gasteiger partial charge on any atom is 0.165 e. The van der Waals surface area contributed by atoms with E-state index >= 15 is 0 Å². The highest BCUT2D eigenvalue weighted by Gasteiger charge is 2.04. The van der Waals surface area contributed by atoms with Gasteiger partial charge in [-0.2, -0.15) is 0 Å². The molecule has 0 aliphatic carbocycles. The second kappa shape index (κ2) is 6.14. The van der Waals surface area contributed by atoms with Crippen LogP contribution in [0.15, 0.2) is 36.5 Å². The molecule has 4 nitrogen and oxygen atoms in total. The lowest BCUT2D eigenvalue weighted by Crippen LogP contribution is -2.03. The topological polar surface area (TPSA) is 51.2 Å². The zero-order valence-electron chi connectivity index (χ0n) is 11.3. The third kappa shape index (κ3) is 3.32. The lowest BCUT2D eigenvalue weighted by atomic mass is 10.2. The maximum absolute atomic E-state index is 13.5. The monoisotopic (exact) mass is 274 g/mol. The fraction of sp³-hybridized carbons (Fsp3) is 0.200. The van der Waals surface area contributed by atoms with E-state index in [1.54, 1.807) is 24.3 Å². The molecular formula is C15H15FN2O2. The minimum atomic E-state index is -0.397. The quantitative estimate of drug-likeness (QED) is 0.851. The Bertz CT molecular complexity index is 612. The zero-order valence-corrected chi connectivity index (χ0v) is 11.3. The molecule has 0 saturated heterocycles. The van der Waals surface area contributed by atoms with Crippen molar-refractivity contribution in [2.75, 3.05) is 12.4 Å². The number of benzene rings is 1. The third-order valence-electron chi connectivity index (χ3n) is 2.86. The van der Waals surface area contributed by atoms with Crippen LogP contribution < -0.4 is 10.1 Å². The smallest absolute Gasteiger partial charge is 0.165 e. The molecule has 1 heterocycles. The van der Waals surface area contributed by atoms with E-state index in [0.29, 0.717) is 17.9 Å². The first kappa shape index (κ1) is 14.0. The van der Waals surface area contributed by atoms with Gasteiger partial charge >= 0.3 is 0 Å². The molecule has 5 heteroatoms. The summed E-state index contributed by atoms with van der Waals surface area (Å²) >= 11 is 0. The lowest BCUT2D eigenvalue weighted by molar-refractivity contribution is 0.101. The van der Waals surface area contributed by atoms with Crippen LogP contribution in [0.5, 0.6) is 5.75 Å². The number of anilines is 1. The number of carbonyl (C=O) groups excluding carboxylic acids is 1. The van der Waals surface area contributed by atoms with E-state index < -0.39 is 5.82 Å². The van der Waals surface area contributed by atoms with Crippen LogP contribution in [0.3, 0.4) is 0 Å². The molecule has 0 saturated carbocycles. The van der Waals surface area contributed by atoms with E-state index in [1.807, 2.05) is 0 Å². The average molecular weight is 274 g/mol. The predicted molar refractivity (Wildman–Crippen MR) is 74.5 cm³/mol. The van der Waals surface area contributed by atoms with Crippen LogP contribution in [0.1, 0.15) is 22.8 Å². The third-order valence-corrected chi connectivity index (χ3v) is 2.86. The Morgan fingerprint density at radius 1 is 1.35 bits per heavy atom. The fourth-order valence-corrected chi connectivity index (χ4v) is 1.72. The van der Waals surface area contributed by atoms with E-state index in [2.05, 4.69) is 10.3 Å². The zero-order chi connectivity index (χ0) is 14.5. The number of rotatable bonds is 5. The molecule has 20 heavy (non-hydrogen) atoms. The van der Waals surface area contributed by atoms with Crippen molar-refractivity contribution in [2.45, 2.75) is 13.5 Å². The Balaban J connectivity index is 2.01. The number of halogens is 1. The first-order chi connectivity index (χ1) is 9.60. The summed E-state index contributed by atoms with van der Waals surface area (Å²) in [7, 11) is 1.43. The Morgan fingerprint density at radius 2 is 2.15 bits per heavy atom. The number of hydrogen-bond acceptors (Lipinski definition) is 4. The minimum absolute atomic E-state index is 0.0266. The Kier molecular flexibility index (Phi) is 4.30. The number of nitrogens with one attached hydrogen (secondary N) is 1. The van der Waals surface area contributed by atoms with Crippen molar-refractivity contribution in [3.63, 3.8) is 0 Å². The van der Waals surface area contributed by atoms with Gasteiger partial charge in [-0.15, -0.1) is 0 Å². The number of ether oxygens (including phenoxy) is 1. The summed E-state index contributed by atoms with van der Waals surface area (Å²) in [4.78, 5) is 15.2. The molecule has 0 bridgehead atoms. The fourth-order valence-electron chi connectivity index (χ4n) is 1.72. The molecule has 0 spiro atoms. The predicted octanol–water partition coefficient (Wildman–Crippen LogP) is 3.04. The highest BCUT2D eigenvalue weighted by atomic mass is 19.1. The highest BCUT2D eigenvalue weighted by Crippen LogP contribution is 2.18. The van der Waals surface area contributed by atoms with E-state index in [0.717, 1.165) is 5.56 Å². The molecule has 1 aromatic carbocycles. The summed E-state index contributed by atoms with van der Waals surface area (Å²) in [5.41, 5.74) is 1.34. The van der Waals surface area contributed by atoms with Crippen molar-refractivity contribution in [1.29, 1.82) is 0 Å². The van der Waals surface area contributed by atoms with Crippen molar-refractivity contribution in [2.24, 2.45) is 0 Å². The summed E-state index contributed by atoms with van der Waals surface area (Å²) < 4.78 is 18.4. The first-order valence-electron chi connectivity index (χ1n) is 6.13. The molecule has 0 aliphatic heterocycles. The molecule has 0 unspecified atom stereocenters. The number of Topliss-reactive ketones (excluding diaryl/α,β-unsaturated/α-hetero) is 1. The Hall–Kier alpha value is -2.43. The van der Waals surface area contributed by atoms with Gasteiger partial charge in [0, 0.05) is 18.3 Å². The standard InChI is InChI=1S/C15H15FN2O2/c1-10(19)12-4-6-15(18-9-12)17-8-11-3-5-14(20-2)13(16)7-11/h3-7,9H,8H2,1-2H3,(H,17,18). The summed E-state index contributed by atoms with van der Waals surface area (Å²) in [6, 6.07) is 8.19. The number of aromatic nitrogens is 1. The number of nitrogens with zero attached hydrogens (tertiary/aromatic N) is 1. The van der Waals surface area contributed by atoms with Crippen LogP contribution >= 0.6 is 0 Å². The molecule has 0 atom stereocenters. The molecule has 2 rings (SSSR count). The van der Waals surface area contributed by atoms with Crippen LogP contribution in [0.2, 0.25) is 0 Å². The van der Waals surface area contributed by atoms with E-state index in [9.17, 15) is 9.18 Å². The van der Waals surface area contributed by atoms with Crippen LogP contribution in [0, 0.1) is 5.82 Å². The largest absolute Gasteiger partial charge is 0.494 e. The van der Waals surface area contributed by atoms with Gasteiger partial charge in [-0.1, -0.05) is 6.07 Å². The average Bonchev–Trinajstić information content (AvgIpc) is 2.45. The van der Waals surface area contributed by atoms with Crippen molar-refractivity contribution >= 4 is 11.6 Å². The van der Waals surface area contributed by atoms with Gasteiger partial charge in [0.25, 0.3) is 0 Å². The summed E-state index contributed by atoms with van der Waals surface area (Å²) in [5, 5.41) is 3.06. The van der Waals surface area contributed by atoms with Crippen molar-refractivity contribution in [3.05, 3.63) is 53.5 Å². The molecule has 0 radical (unpaired) electrons. The SMILES string of the molecule is COc1ccc(CNc2ccc(C(C)=O)cn2)cc1F. The summed E-state index contributed by atoms with van der Waals surface area (Å²) in [6.45, 7) is 1.93. The molecular weight excluding hydrogens is 259 g/mol. The van der Waals surface area contributed by atoms with Crippen LogP contribution in [-0.4, -0.2) is 17.9 Å². The number of methoxy groups -OCH3 is 1. The van der Waals surface area contributed by atoms with Crippen molar-refractivity contribution < 1.29 is 13.9 Å². The number of carbonyl (C=O) groups is 1.